The molecule has 0 atom stereocenters. The minimum atomic E-state index is -3.59. The van der Waals surface area contributed by atoms with E-state index in [0.717, 1.165) is 5.56 Å². The van der Waals surface area contributed by atoms with Crippen LogP contribution in [0.25, 0.3) is 0 Å². The minimum absolute atomic E-state index is 0.0749. The summed E-state index contributed by atoms with van der Waals surface area (Å²) in [5.41, 5.74) is 1.86. The lowest BCUT2D eigenvalue weighted by Crippen LogP contribution is -2.43. The number of rotatable bonds is 5. The monoisotopic (exact) mass is 423 g/mol. The SMILES string of the molecule is COc1ccc(N(Cc2ccccc2)C(=O)C2=CC=CN3CCS(=O)(=O)N=C23)cc1. The number of anilines is 1. The molecule has 0 aliphatic carbocycles. The number of amidine groups is 1. The molecule has 0 saturated carbocycles. The van der Waals surface area contributed by atoms with E-state index >= 15 is 0 Å². The first-order chi connectivity index (χ1) is 14.5. The molecule has 0 aromatic heterocycles. The highest BCUT2D eigenvalue weighted by molar-refractivity contribution is 7.90. The van der Waals surface area contributed by atoms with Crippen LogP contribution >= 0.6 is 0 Å². The predicted molar refractivity (Wildman–Crippen MR) is 116 cm³/mol. The molecule has 2 aromatic rings. The van der Waals surface area contributed by atoms with E-state index in [4.69, 9.17) is 4.74 Å². The van der Waals surface area contributed by atoms with Crippen molar-refractivity contribution < 1.29 is 17.9 Å². The molecule has 0 unspecified atom stereocenters. The summed E-state index contributed by atoms with van der Waals surface area (Å²) in [6.07, 6.45) is 5.08. The zero-order chi connectivity index (χ0) is 21.1. The average molecular weight is 423 g/mol. The van der Waals surface area contributed by atoms with Crippen LogP contribution in [0.15, 0.2) is 82.9 Å². The maximum absolute atomic E-state index is 13.6. The molecular formula is C22H21N3O4S. The largest absolute Gasteiger partial charge is 0.497 e. The van der Waals surface area contributed by atoms with E-state index in [-0.39, 0.29) is 29.6 Å². The highest BCUT2D eigenvalue weighted by Gasteiger charge is 2.32. The number of carbonyl (C=O) groups is 1. The molecule has 0 bridgehead atoms. The van der Waals surface area contributed by atoms with Gasteiger partial charge in [-0.25, -0.2) is 8.42 Å². The van der Waals surface area contributed by atoms with Crippen molar-refractivity contribution in [3.8, 4) is 5.75 Å². The molecule has 2 heterocycles. The summed E-state index contributed by atoms with van der Waals surface area (Å²) in [7, 11) is -2.01. The van der Waals surface area contributed by atoms with Crippen molar-refractivity contribution in [1.29, 1.82) is 0 Å². The molecule has 30 heavy (non-hydrogen) atoms. The summed E-state index contributed by atoms with van der Waals surface area (Å²) in [6.45, 7) is 0.594. The highest BCUT2D eigenvalue weighted by atomic mass is 32.2. The second kappa shape index (κ2) is 8.16. The van der Waals surface area contributed by atoms with E-state index in [1.165, 1.54) is 0 Å². The lowest BCUT2D eigenvalue weighted by molar-refractivity contribution is -0.114. The number of nitrogens with zero attached hydrogens (tertiary/aromatic N) is 3. The molecule has 154 valence electrons. The van der Waals surface area contributed by atoms with Gasteiger partial charge < -0.3 is 14.5 Å². The molecular weight excluding hydrogens is 402 g/mol. The van der Waals surface area contributed by atoms with Gasteiger partial charge in [0.05, 0.1) is 25.0 Å². The van der Waals surface area contributed by atoms with Crippen LogP contribution in [0.3, 0.4) is 0 Å². The number of hydrogen-bond donors (Lipinski definition) is 0. The smallest absolute Gasteiger partial charge is 0.262 e. The summed E-state index contributed by atoms with van der Waals surface area (Å²) < 4.78 is 33.2. The third-order valence-corrected chi connectivity index (χ3v) is 6.05. The quantitative estimate of drug-likeness (QED) is 0.739. The number of fused-ring (bicyclic) bond motifs is 1. The number of benzene rings is 2. The van der Waals surface area contributed by atoms with Gasteiger partial charge in [-0.15, -0.1) is 4.40 Å². The van der Waals surface area contributed by atoms with E-state index in [9.17, 15) is 13.2 Å². The number of carbonyl (C=O) groups excluding carboxylic acids is 1. The van der Waals surface area contributed by atoms with Gasteiger partial charge >= 0.3 is 0 Å². The van der Waals surface area contributed by atoms with Crippen molar-refractivity contribution in [2.24, 2.45) is 4.40 Å². The number of allylic oxidation sites excluding steroid dienone is 2. The van der Waals surface area contributed by atoms with Crippen molar-refractivity contribution in [3.63, 3.8) is 0 Å². The zero-order valence-electron chi connectivity index (χ0n) is 16.4. The maximum atomic E-state index is 13.6. The lowest BCUT2D eigenvalue weighted by atomic mass is 10.1. The molecule has 0 saturated heterocycles. The van der Waals surface area contributed by atoms with E-state index < -0.39 is 10.0 Å². The van der Waals surface area contributed by atoms with E-state index in [1.807, 2.05) is 30.3 Å². The zero-order valence-corrected chi connectivity index (χ0v) is 17.2. The van der Waals surface area contributed by atoms with Crippen LogP contribution < -0.4 is 9.64 Å². The third kappa shape index (κ3) is 4.13. The van der Waals surface area contributed by atoms with Gasteiger partial charge in [0, 0.05) is 18.4 Å². The van der Waals surface area contributed by atoms with Crippen LogP contribution in [0.2, 0.25) is 0 Å². The molecule has 2 aliphatic rings. The van der Waals surface area contributed by atoms with Gasteiger partial charge in [-0.2, -0.15) is 0 Å². The van der Waals surface area contributed by atoms with Crippen molar-refractivity contribution in [2.45, 2.75) is 6.54 Å². The molecule has 0 fully saturated rings. The Balaban J connectivity index is 1.74. The Bertz CT molecular complexity index is 1140. The van der Waals surface area contributed by atoms with Crippen LogP contribution in [0.5, 0.6) is 5.75 Å². The van der Waals surface area contributed by atoms with Gasteiger partial charge in [-0.3, -0.25) is 4.79 Å². The summed E-state index contributed by atoms with van der Waals surface area (Å²) in [5.74, 6) is 0.447. The van der Waals surface area contributed by atoms with Gasteiger partial charge in [-0.05, 0) is 42.0 Å². The maximum Gasteiger partial charge on any atom is 0.262 e. The first kappa shape index (κ1) is 19.9. The van der Waals surface area contributed by atoms with E-state index in [2.05, 4.69) is 4.40 Å². The molecule has 2 aliphatic heterocycles. The Kier molecular flexibility index (Phi) is 5.41. The molecule has 0 radical (unpaired) electrons. The van der Waals surface area contributed by atoms with Crippen molar-refractivity contribution in [1.82, 2.24) is 4.90 Å². The number of hydrogen-bond acceptors (Lipinski definition) is 5. The Morgan fingerprint density at radius 3 is 2.57 bits per heavy atom. The molecule has 0 N–H and O–H groups in total. The topological polar surface area (TPSA) is 79.3 Å². The summed E-state index contributed by atoms with van der Waals surface area (Å²) in [6, 6.07) is 16.8. The number of ether oxygens (including phenoxy) is 1. The van der Waals surface area contributed by atoms with Crippen LogP contribution in [-0.2, 0) is 21.4 Å². The molecule has 0 spiro atoms. The first-order valence-corrected chi connectivity index (χ1v) is 11.1. The van der Waals surface area contributed by atoms with Crippen LogP contribution in [-0.4, -0.2) is 44.5 Å². The van der Waals surface area contributed by atoms with Gasteiger partial charge in [0.25, 0.3) is 15.9 Å². The first-order valence-electron chi connectivity index (χ1n) is 9.45. The van der Waals surface area contributed by atoms with Gasteiger partial charge in [-0.1, -0.05) is 30.3 Å². The normalized spacial score (nSPS) is 16.9. The average Bonchev–Trinajstić information content (AvgIpc) is 2.77. The Morgan fingerprint density at radius 2 is 1.87 bits per heavy atom. The van der Waals surface area contributed by atoms with Crippen LogP contribution in [0, 0.1) is 0 Å². The third-order valence-electron chi connectivity index (χ3n) is 4.90. The van der Waals surface area contributed by atoms with Gasteiger partial charge in [0.1, 0.15) is 5.75 Å². The fraction of sp³-hybridized carbons (Fsp3) is 0.182. The highest BCUT2D eigenvalue weighted by Crippen LogP contribution is 2.26. The lowest BCUT2D eigenvalue weighted by Gasteiger charge is -2.31. The standard InChI is InChI=1S/C22H21N3O4S/c1-29-19-11-9-18(10-12-19)25(16-17-6-3-2-4-7-17)22(26)20-8-5-13-24-14-15-30(27,28)23-21(20)24/h2-13H,14-16H2,1H3. The second-order valence-electron chi connectivity index (χ2n) is 6.89. The molecule has 1 amide bonds. The van der Waals surface area contributed by atoms with E-state index in [0.29, 0.717) is 18.0 Å². The van der Waals surface area contributed by atoms with Crippen molar-refractivity contribution in [2.75, 3.05) is 24.3 Å². The van der Waals surface area contributed by atoms with Crippen LogP contribution in [0.4, 0.5) is 5.69 Å². The fourth-order valence-electron chi connectivity index (χ4n) is 3.34. The predicted octanol–water partition coefficient (Wildman–Crippen LogP) is 2.73. The molecule has 2 aromatic carbocycles. The molecule has 7 nitrogen and oxygen atoms in total. The second-order valence-corrected chi connectivity index (χ2v) is 8.65. The van der Waals surface area contributed by atoms with Gasteiger partial charge in [0.15, 0.2) is 5.84 Å². The number of methoxy groups -OCH3 is 1. The summed E-state index contributed by atoms with van der Waals surface area (Å²) in [5, 5.41) is 0. The molecule has 4 rings (SSSR count). The minimum Gasteiger partial charge on any atom is -0.497 e. The Morgan fingerprint density at radius 1 is 1.13 bits per heavy atom. The molecule has 8 heteroatoms. The number of sulfonamides is 1. The van der Waals surface area contributed by atoms with Crippen molar-refractivity contribution in [3.05, 3.63) is 84.1 Å². The summed E-state index contributed by atoms with van der Waals surface area (Å²) >= 11 is 0. The van der Waals surface area contributed by atoms with E-state index in [1.54, 1.807) is 59.5 Å². The van der Waals surface area contributed by atoms with Crippen molar-refractivity contribution >= 4 is 27.5 Å². The fourth-order valence-corrected chi connectivity index (χ4v) is 4.32. The summed E-state index contributed by atoms with van der Waals surface area (Å²) in [4.78, 5) is 16.9. The Labute approximate surface area is 175 Å². The number of amides is 1. The Hall–Kier alpha value is -3.39. The van der Waals surface area contributed by atoms with Gasteiger partial charge in [0.2, 0.25) is 0 Å². The van der Waals surface area contributed by atoms with Crippen LogP contribution in [0.1, 0.15) is 5.56 Å².